The van der Waals surface area contributed by atoms with Gasteiger partial charge in [0.2, 0.25) is 0 Å². The molecule has 0 amide bonds. The van der Waals surface area contributed by atoms with Gasteiger partial charge < -0.3 is 10.5 Å². The second-order valence-electron chi connectivity index (χ2n) is 3.05. The molecule has 2 nitrogen and oxygen atoms in total. The quantitative estimate of drug-likeness (QED) is 0.857. The van der Waals surface area contributed by atoms with E-state index in [1.165, 1.54) is 0 Å². The topological polar surface area (TPSA) is 35.2 Å². The van der Waals surface area contributed by atoms with Crippen LogP contribution < -0.4 is 10.5 Å². The first kappa shape index (κ1) is 11.5. The lowest BCUT2D eigenvalue weighted by molar-refractivity contribution is 0.230. The maximum absolute atomic E-state index is 5.59. The van der Waals surface area contributed by atoms with Crippen LogP contribution in [0.15, 0.2) is 28.7 Å². The van der Waals surface area contributed by atoms with Gasteiger partial charge in [-0.25, -0.2) is 0 Å². The summed E-state index contributed by atoms with van der Waals surface area (Å²) in [6.45, 7) is 1.95. The van der Waals surface area contributed by atoms with E-state index in [-0.39, 0.29) is 6.10 Å². The lowest BCUT2D eigenvalue weighted by Gasteiger charge is -2.13. The van der Waals surface area contributed by atoms with E-state index in [0.29, 0.717) is 11.4 Å². The molecule has 76 valence electrons. The number of hydrogen-bond acceptors (Lipinski definition) is 2. The van der Waals surface area contributed by atoms with Crippen molar-refractivity contribution in [2.45, 2.75) is 19.4 Å². The summed E-state index contributed by atoms with van der Waals surface area (Å²) in [5, 5.41) is 0. The zero-order chi connectivity index (χ0) is 10.6. The minimum atomic E-state index is 0.0219. The molecule has 0 aliphatic rings. The van der Waals surface area contributed by atoms with Gasteiger partial charge in [0.15, 0.2) is 0 Å². The fourth-order valence-electron chi connectivity index (χ4n) is 1.07. The van der Waals surface area contributed by atoms with Gasteiger partial charge >= 0.3 is 0 Å². The fraction of sp³-hybridized carbons (Fsp3) is 0.300. The van der Waals surface area contributed by atoms with Crippen molar-refractivity contribution in [2.24, 2.45) is 5.73 Å². The molecule has 0 bridgehead atoms. The van der Waals surface area contributed by atoms with E-state index in [2.05, 4.69) is 15.9 Å². The van der Waals surface area contributed by atoms with Gasteiger partial charge in [0.05, 0.1) is 4.99 Å². The zero-order valence-electron chi connectivity index (χ0n) is 7.87. The molecule has 0 heterocycles. The highest BCUT2D eigenvalue weighted by atomic mass is 79.9. The van der Waals surface area contributed by atoms with Crippen molar-refractivity contribution >= 4 is 33.1 Å². The summed E-state index contributed by atoms with van der Waals surface area (Å²) in [5.41, 5.74) is 5.42. The molecule has 1 aromatic rings. The summed E-state index contributed by atoms with van der Waals surface area (Å²) in [6.07, 6.45) is 0.624. The summed E-state index contributed by atoms with van der Waals surface area (Å²) in [7, 11) is 0. The van der Waals surface area contributed by atoms with E-state index >= 15 is 0 Å². The third kappa shape index (κ3) is 4.07. The van der Waals surface area contributed by atoms with Crippen molar-refractivity contribution in [2.75, 3.05) is 0 Å². The first-order chi connectivity index (χ1) is 6.58. The maximum atomic E-state index is 5.59. The van der Waals surface area contributed by atoms with Gasteiger partial charge in [0.25, 0.3) is 0 Å². The van der Waals surface area contributed by atoms with Gasteiger partial charge in [0, 0.05) is 10.9 Å². The lowest BCUT2D eigenvalue weighted by Crippen LogP contribution is -2.20. The predicted molar refractivity (Wildman–Crippen MR) is 65.6 cm³/mol. The Hall–Kier alpha value is -0.610. The summed E-state index contributed by atoms with van der Waals surface area (Å²) in [6, 6.07) is 7.67. The molecule has 0 aliphatic carbocycles. The van der Waals surface area contributed by atoms with Crippen LogP contribution >= 0.6 is 28.1 Å². The minimum Gasteiger partial charge on any atom is -0.490 e. The van der Waals surface area contributed by atoms with Gasteiger partial charge in [-0.15, -0.1) is 0 Å². The second kappa shape index (κ2) is 5.32. The van der Waals surface area contributed by atoms with Crippen LogP contribution in [0.4, 0.5) is 0 Å². The van der Waals surface area contributed by atoms with Crippen LogP contribution in [0.3, 0.4) is 0 Å². The molecule has 0 saturated carbocycles. The van der Waals surface area contributed by atoms with E-state index in [1.807, 2.05) is 31.2 Å². The Balaban J connectivity index is 2.51. The van der Waals surface area contributed by atoms with Gasteiger partial charge in [-0.3, -0.25) is 0 Å². The number of hydrogen-bond donors (Lipinski definition) is 1. The highest BCUT2D eigenvalue weighted by Crippen LogP contribution is 2.17. The van der Waals surface area contributed by atoms with Crippen LogP contribution in [-0.4, -0.2) is 11.1 Å². The van der Waals surface area contributed by atoms with Crippen molar-refractivity contribution in [1.82, 2.24) is 0 Å². The largest absolute Gasteiger partial charge is 0.490 e. The number of benzene rings is 1. The molecule has 1 unspecified atom stereocenters. The van der Waals surface area contributed by atoms with E-state index in [1.54, 1.807) is 0 Å². The predicted octanol–water partition coefficient (Wildman–Crippen LogP) is 2.89. The number of nitrogens with two attached hydrogens (primary N) is 1. The molecule has 0 fully saturated rings. The summed E-state index contributed by atoms with van der Waals surface area (Å²) in [5.74, 6) is 0.831. The fourth-order valence-corrected chi connectivity index (χ4v) is 1.57. The van der Waals surface area contributed by atoms with Crippen LogP contribution in [0.1, 0.15) is 13.3 Å². The smallest absolute Gasteiger partial charge is 0.119 e. The molecule has 0 spiro atoms. The Kier molecular flexibility index (Phi) is 4.35. The third-order valence-corrected chi connectivity index (χ3v) is 2.33. The Bertz CT molecular complexity index is 312. The highest BCUT2D eigenvalue weighted by molar-refractivity contribution is 9.10. The summed E-state index contributed by atoms with van der Waals surface area (Å²) >= 11 is 8.15. The Morgan fingerprint density at radius 3 is 2.57 bits per heavy atom. The lowest BCUT2D eigenvalue weighted by atomic mass is 10.3. The molecule has 2 N–H and O–H groups in total. The van der Waals surface area contributed by atoms with Gasteiger partial charge in [-0.05, 0) is 31.2 Å². The van der Waals surface area contributed by atoms with Gasteiger partial charge in [-0.2, -0.15) is 0 Å². The van der Waals surface area contributed by atoms with Crippen molar-refractivity contribution < 1.29 is 4.74 Å². The molecule has 0 aromatic heterocycles. The second-order valence-corrected chi connectivity index (χ2v) is 4.49. The average Bonchev–Trinajstić information content (AvgIpc) is 2.07. The van der Waals surface area contributed by atoms with E-state index < -0.39 is 0 Å². The highest BCUT2D eigenvalue weighted by Gasteiger charge is 2.04. The third-order valence-electron chi connectivity index (χ3n) is 1.64. The number of thiocarbonyl (C=S) groups is 1. The molecule has 0 radical (unpaired) electrons. The van der Waals surface area contributed by atoms with E-state index in [4.69, 9.17) is 22.7 Å². The molecule has 14 heavy (non-hydrogen) atoms. The first-order valence-corrected chi connectivity index (χ1v) is 5.48. The first-order valence-electron chi connectivity index (χ1n) is 4.28. The Morgan fingerprint density at radius 2 is 2.07 bits per heavy atom. The Morgan fingerprint density at radius 1 is 1.50 bits per heavy atom. The number of rotatable bonds is 4. The molecule has 0 aliphatic heterocycles. The summed E-state index contributed by atoms with van der Waals surface area (Å²) in [4.78, 5) is 0.481. The van der Waals surface area contributed by atoms with Crippen molar-refractivity contribution in [3.05, 3.63) is 28.7 Å². The monoisotopic (exact) mass is 273 g/mol. The van der Waals surface area contributed by atoms with Crippen molar-refractivity contribution in [3.8, 4) is 5.75 Å². The van der Waals surface area contributed by atoms with Crippen LogP contribution in [0, 0.1) is 0 Å². The van der Waals surface area contributed by atoms with E-state index in [9.17, 15) is 0 Å². The zero-order valence-corrected chi connectivity index (χ0v) is 10.3. The summed E-state index contributed by atoms with van der Waals surface area (Å²) < 4.78 is 6.63. The van der Waals surface area contributed by atoms with Crippen LogP contribution in [0.5, 0.6) is 5.75 Å². The molecule has 4 heteroatoms. The van der Waals surface area contributed by atoms with Crippen LogP contribution in [0.2, 0.25) is 0 Å². The molecule has 1 atom stereocenters. The SMILES string of the molecule is CC(CC(N)=S)Oc1ccc(Br)cc1. The standard InChI is InChI=1S/C10H12BrNOS/c1-7(6-10(12)14)13-9-4-2-8(11)3-5-9/h2-5,7H,6H2,1H3,(H2,12,14). The van der Waals surface area contributed by atoms with Crippen LogP contribution in [-0.2, 0) is 0 Å². The van der Waals surface area contributed by atoms with Crippen molar-refractivity contribution in [1.29, 1.82) is 0 Å². The minimum absolute atomic E-state index is 0.0219. The molecule has 1 aromatic carbocycles. The van der Waals surface area contributed by atoms with Gasteiger partial charge in [0.1, 0.15) is 11.9 Å². The Labute approximate surface area is 97.6 Å². The molecular weight excluding hydrogens is 262 g/mol. The van der Waals surface area contributed by atoms with Crippen molar-refractivity contribution in [3.63, 3.8) is 0 Å². The molecular formula is C10H12BrNOS. The normalized spacial score (nSPS) is 12.1. The number of ether oxygens (including phenoxy) is 1. The van der Waals surface area contributed by atoms with Gasteiger partial charge in [-0.1, -0.05) is 28.1 Å². The maximum Gasteiger partial charge on any atom is 0.119 e. The number of halogens is 1. The van der Waals surface area contributed by atoms with Crippen LogP contribution in [0.25, 0.3) is 0 Å². The molecule has 0 saturated heterocycles. The molecule has 1 rings (SSSR count). The van der Waals surface area contributed by atoms with E-state index in [0.717, 1.165) is 10.2 Å². The average molecular weight is 274 g/mol.